The number of carbonyl (C=O) groups is 1. The smallest absolute Gasteiger partial charge is 0.475 e. The van der Waals surface area contributed by atoms with Crippen molar-refractivity contribution in [3.8, 4) is 0 Å². The van der Waals surface area contributed by atoms with Gasteiger partial charge in [-0.2, -0.15) is 18.3 Å². The van der Waals surface area contributed by atoms with E-state index in [0.717, 1.165) is 60.3 Å². The molecule has 4 saturated carbocycles. The summed E-state index contributed by atoms with van der Waals surface area (Å²) in [5.74, 6) is 0.773. The van der Waals surface area contributed by atoms with Gasteiger partial charge in [0.05, 0.1) is 11.1 Å². The van der Waals surface area contributed by atoms with Gasteiger partial charge in [0, 0.05) is 34.9 Å². The Labute approximate surface area is 204 Å². The third-order valence-corrected chi connectivity index (χ3v) is 7.22. The van der Waals surface area contributed by atoms with Gasteiger partial charge >= 0.3 is 12.1 Å². The fraction of sp³-hybridized carbons (Fsp3) is 0.500. The van der Waals surface area contributed by atoms with E-state index in [2.05, 4.69) is 31.9 Å². The molecule has 4 aliphatic carbocycles. The van der Waals surface area contributed by atoms with Gasteiger partial charge in [-0.3, -0.25) is 10.1 Å². The normalized spacial score (nSPS) is 28.5. The van der Waals surface area contributed by atoms with Crippen molar-refractivity contribution in [1.29, 1.82) is 0 Å². The second kappa shape index (κ2) is 8.61. The Morgan fingerprint density at radius 2 is 1.86 bits per heavy atom. The van der Waals surface area contributed by atoms with Gasteiger partial charge in [-0.15, -0.1) is 0 Å². The number of carboxylic acids is 1. The first kappa shape index (κ1) is 24.3. The zero-order chi connectivity index (χ0) is 25.7. The van der Waals surface area contributed by atoms with Crippen LogP contribution in [0, 0.1) is 18.8 Å². The largest absolute Gasteiger partial charge is 0.490 e. The molecule has 3 heterocycles. The highest BCUT2D eigenvalue weighted by Crippen LogP contribution is 2.58. The number of aliphatic hydroxyl groups is 1. The summed E-state index contributed by atoms with van der Waals surface area (Å²) in [7, 11) is 0. The van der Waals surface area contributed by atoms with E-state index in [9.17, 15) is 18.3 Å². The highest BCUT2D eigenvalue weighted by atomic mass is 19.4. The maximum absolute atomic E-state index is 11.1. The number of halogens is 3. The highest BCUT2D eigenvalue weighted by Gasteiger charge is 2.57. The van der Waals surface area contributed by atoms with Crippen molar-refractivity contribution in [1.82, 2.24) is 20.2 Å². The summed E-state index contributed by atoms with van der Waals surface area (Å²) >= 11 is 0. The van der Waals surface area contributed by atoms with Crippen LogP contribution in [0.5, 0.6) is 0 Å². The number of alkyl halides is 3. The fourth-order valence-electron chi connectivity index (χ4n) is 6.46. The maximum atomic E-state index is 11.1. The number of aromatic nitrogens is 4. The Morgan fingerprint density at radius 1 is 1.17 bits per heavy atom. The van der Waals surface area contributed by atoms with Crippen molar-refractivity contribution in [3.63, 3.8) is 0 Å². The first-order valence-electron chi connectivity index (χ1n) is 11.8. The molecule has 0 spiro atoms. The minimum Gasteiger partial charge on any atom is -0.475 e. The predicted molar refractivity (Wildman–Crippen MR) is 126 cm³/mol. The second-order valence-electron chi connectivity index (χ2n) is 10.4. The van der Waals surface area contributed by atoms with E-state index in [-0.39, 0.29) is 5.54 Å². The quantitative estimate of drug-likeness (QED) is 0.350. The van der Waals surface area contributed by atoms with Crippen LogP contribution in [-0.4, -0.2) is 53.7 Å². The van der Waals surface area contributed by atoms with Crippen LogP contribution in [-0.2, 0) is 4.79 Å². The van der Waals surface area contributed by atoms with Gasteiger partial charge < -0.3 is 20.8 Å². The molecule has 4 aliphatic rings. The Balaban J connectivity index is 0.000000338. The monoisotopic (exact) mass is 504 g/mol. The minimum atomic E-state index is -5.08. The summed E-state index contributed by atoms with van der Waals surface area (Å²) in [4.78, 5) is 18.4. The summed E-state index contributed by atoms with van der Waals surface area (Å²) in [5.41, 5.74) is 1.30. The first-order chi connectivity index (χ1) is 16.9. The molecule has 0 aliphatic heterocycles. The average molecular weight is 505 g/mol. The van der Waals surface area contributed by atoms with Crippen molar-refractivity contribution in [2.45, 2.75) is 62.8 Å². The molecule has 36 heavy (non-hydrogen) atoms. The van der Waals surface area contributed by atoms with E-state index in [1.54, 1.807) is 0 Å². The number of hydrogen-bond donors (Lipinski definition) is 5. The number of hydrogen-bond acceptors (Lipinski definition) is 7. The summed E-state index contributed by atoms with van der Waals surface area (Å²) in [6, 6.07) is 7.92. The number of rotatable bonds is 4. The molecule has 0 saturated heterocycles. The summed E-state index contributed by atoms with van der Waals surface area (Å²) in [6.45, 7) is 1.97. The summed E-state index contributed by atoms with van der Waals surface area (Å²) in [6.07, 6.45) is 2.96. The molecule has 4 fully saturated rings. The van der Waals surface area contributed by atoms with Crippen molar-refractivity contribution in [2.24, 2.45) is 11.8 Å². The van der Waals surface area contributed by atoms with Crippen LogP contribution < -0.4 is 10.6 Å². The molecule has 2 atom stereocenters. The van der Waals surface area contributed by atoms with E-state index < -0.39 is 17.7 Å². The van der Waals surface area contributed by atoms with Crippen molar-refractivity contribution < 1.29 is 28.2 Å². The molecular formula is C24H27F3N6O3. The SMILES string of the molecule is Cc1cc(Nc2cc3ncccc3c(NC34CC5CC(CC(O)(C5)C3)C4)n2)n[nH]1.O=C(O)C(F)(F)F. The van der Waals surface area contributed by atoms with Crippen LogP contribution in [0.4, 0.5) is 30.6 Å². The molecule has 3 aromatic heterocycles. The van der Waals surface area contributed by atoms with Gasteiger partial charge in [0.25, 0.3) is 0 Å². The zero-order valence-electron chi connectivity index (χ0n) is 19.6. The number of anilines is 3. The van der Waals surface area contributed by atoms with Gasteiger partial charge in [0.1, 0.15) is 11.6 Å². The molecule has 9 nitrogen and oxygen atoms in total. The molecule has 0 amide bonds. The van der Waals surface area contributed by atoms with Gasteiger partial charge in [-0.1, -0.05) is 0 Å². The number of pyridine rings is 2. The lowest BCUT2D eigenvalue weighted by Gasteiger charge is -2.60. The number of aromatic amines is 1. The van der Waals surface area contributed by atoms with E-state index in [4.69, 9.17) is 14.9 Å². The lowest BCUT2D eigenvalue weighted by Crippen LogP contribution is -2.62. The van der Waals surface area contributed by atoms with Crippen molar-refractivity contribution in [3.05, 3.63) is 36.2 Å². The van der Waals surface area contributed by atoms with Crippen LogP contribution in [0.2, 0.25) is 0 Å². The Hall–Kier alpha value is -3.41. The average Bonchev–Trinajstić information content (AvgIpc) is 3.16. The number of nitrogens with zero attached hydrogens (tertiary/aromatic N) is 3. The summed E-state index contributed by atoms with van der Waals surface area (Å²) in [5, 5.41) is 33.6. The molecule has 7 rings (SSSR count). The molecule has 12 heteroatoms. The number of aryl methyl sites for hydroxylation is 1. The molecule has 0 aromatic carbocycles. The van der Waals surface area contributed by atoms with Crippen LogP contribution in [0.1, 0.15) is 44.2 Å². The van der Waals surface area contributed by atoms with Crippen LogP contribution in [0.3, 0.4) is 0 Å². The molecule has 5 N–H and O–H groups in total. The molecular weight excluding hydrogens is 477 g/mol. The van der Waals surface area contributed by atoms with Gasteiger partial charge in [0.2, 0.25) is 0 Å². The third kappa shape index (κ3) is 4.95. The van der Waals surface area contributed by atoms with Crippen molar-refractivity contribution in [2.75, 3.05) is 10.6 Å². The number of fused-ring (bicyclic) bond motifs is 1. The topological polar surface area (TPSA) is 136 Å². The Bertz CT molecular complexity index is 1280. The van der Waals surface area contributed by atoms with E-state index in [1.807, 2.05) is 31.3 Å². The third-order valence-electron chi connectivity index (χ3n) is 7.22. The number of aliphatic carboxylic acids is 1. The second-order valence-corrected chi connectivity index (χ2v) is 10.4. The standard InChI is InChI=1S/C22H26N6O.C2HF3O2/c1-13-5-19(28-27-13)24-18-7-17-16(3-2-4-23-17)20(25-18)26-21-8-14-6-15(9-21)11-22(29,10-14)12-21;3-2(4,5)1(6)7/h2-5,7,14-15,29H,6,8-12H2,1H3,(H3,24,25,26,27,28);(H,6,7). The molecule has 0 radical (unpaired) electrons. The Morgan fingerprint density at radius 3 is 2.44 bits per heavy atom. The number of nitrogens with one attached hydrogen (secondary N) is 3. The van der Waals surface area contributed by atoms with E-state index >= 15 is 0 Å². The lowest BCUT2D eigenvalue weighted by molar-refractivity contribution is -0.192. The molecule has 192 valence electrons. The van der Waals surface area contributed by atoms with Gasteiger partial charge in [-0.05, 0) is 69.4 Å². The van der Waals surface area contributed by atoms with E-state index in [1.165, 1.54) is 6.42 Å². The number of carboxylic acid groups (broad SMARTS) is 1. The van der Waals surface area contributed by atoms with Crippen molar-refractivity contribution >= 4 is 34.3 Å². The molecule has 3 aromatic rings. The Kier molecular flexibility index (Phi) is 5.81. The molecule has 2 unspecified atom stereocenters. The molecule has 4 bridgehead atoms. The van der Waals surface area contributed by atoms with Crippen LogP contribution >= 0.6 is 0 Å². The van der Waals surface area contributed by atoms with Crippen LogP contribution in [0.15, 0.2) is 30.5 Å². The highest BCUT2D eigenvalue weighted by molar-refractivity contribution is 5.91. The zero-order valence-corrected chi connectivity index (χ0v) is 19.6. The van der Waals surface area contributed by atoms with Gasteiger partial charge in [-0.25, -0.2) is 9.78 Å². The number of H-pyrrole nitrogens is 1. The predicted octanol–water partition coefficient (Wildman–Crippen LogP) is 4.53. The lowest BCUT2D eigenvalue weighted by atomic mass is 9.51. The van der Waals surface area contributed by atoms with Gasteiger partial charge in [0.15, 0.2) is 5.82 Å². The first-order valence-corrected chi connectivity index (χ1v) is 11.8. The van der Waals surface area contributed by atoms with Crippen LogP contribution in [0.25, 0.3) is 10.9 Å². The maximum Gasteiger partial charge on any atom is 0.490 e. The summed E-state index contributed by atoms with van der Waals surface area (Å²) < 4.78 is 31.7. The van der Waals surface area contributed by atoms with E-state index in [0.29, 0.717) is 17.7 Å². The minimum absolute atomic E-state index is 0.0733. The fourth-order valence-corrected chi connectivity index (χ4v) is 6.46.